The first-order valence-corrected chi connectivity index (χ1v) is 11.3. The molecule has 30 heavy (non-hydrogen) atoms. The Hall–Kier alpha value is -1.99. The largest absolute Gasteiger partial charge is 0.490 e. The average molecular weight is 422 g/mol. The van der Waals surface area contributed by atoms with Gasteiger partial charge in [-0.25, -0.2) is 0 Å². The second-order valence-electron chi connectivity index (χ2n) is 7.72. The summed E-state index contributed by atoms with van der Waals surface area (Å²) in [6.07, 6.45) is 3.85. The highest BCUT2D eigenvalue weighted by molar-refractivity contribution is 5.93. The van der Waals surface area contributed by atoms with Crippen molar-refractivity contribution in [1.29, 1.82) is 0 Å². The number of ether oxygens (including phenoxy) is 4. The molecule has 170 valence electrons. The van der Waals surface area contributed by atoms with Gasteiger partial charge < -0.3 is 29.6 Å². The van der Waals surface area contributed by atoms with Gasteiger partial charge in [-0.15, -0.1) is 0 Å². The first kappa shape index (κ1) is 24.3. The third kappa shape index (κ3) is 10.2. The molecule has 0 saturated heterocycles. The lowest BCUT2D eigenvalue weighted by Gasteiger charge is -2.15. The molecule has 1 aliphatic rings. The zero-order valence-corrected chi connectivity index (χ0v) is 18.9. The maximum Gasteiger partial charge on any atom is 0.195 e. The molecule has 0 saturated carbocycles. The van der Waals surface area contributed by atoms with Gasteiger partial charge in [0.1, 0.15) is 0 Å². The first-order valence-electron chi connectivity index (χ1n) is 11.3. The SMILES string of the molecule is CCOCCCCNC(=NCCCOCC(C)C)Nc1ccc2c(c1)OCCCO2. The molecular formula is C23H39N3O4. The maximum atomic E-state index is 5.80. The van der Waals surface area contributed by atoms with Gasteiger partial charge in [0, 0.05) is 57.7 Å². The van der Waals surface area contributed by atoms with E-state index in [1.165, 1.54) is 0 Å². The number of fused-ring (bicyclic) bond motifs is 1. The van der Waals surface area contributed by atoms with Gasteiger partial charge in [-0.05, 0) is 44.2 Å². The summed E-state index contributed by atoms with van der Waals surface area (Å²) >= 11 is 0. The first-order chi connectivity index (χ1) is 14.7. The van der Waals surface area contributed by atoms with Crippen molar-refractivity contribution in [2.45, 2.75) is 46.5 Å². The van der Waals surface area contributed by atoms with Crippen molar-refractivity contribution in [3.05, 3.63) is 18.2 Å². The standard InChI is InChI=1S/C23H39N3O4/c1-4-27-13-6-5-11-24-23(25-12-7-14-28-18-19(2)3)26-20-9-10-21-22(17-20)30-16-8-15-29-21/h9-10,17,19H,4-8,11-16,18H2,1-3H3,(H2,24,25,26). The highest BCUT2D eigenvalue weighted by Gasteiger charge is 2.11. The fourth-order valence-corrected chi connectivity index (χ4v) is 2.87. The number of unbranched alkanes of at least 4 members (excludes halogenated alkanes) is 1. The number of guanidine groups is 1. The maximum absolute atomic E-state index is 5.80. The van der Waals surface area contributed by atoms with Crippen molar-refractivity contribution < 1.29 is 18.9 Å². The summed E-state index contributed by atoms with van der Waals surface area (Å²) in [6, 6.07) is 5.91. The van der Waals surface area contributed by atoms with Gasteiger partial charge >= 0.3 is 0 Å². The predicted molar refractivity (Wildman–Crippen MR) is 122 cm³/mol. The van der Waals surface area contributed by atoms with Crippen LogP contribution in [-0.2, 0) is 9.47 Å². The van der Waals surface area contributed by atoms with E-state index in [0.717, 1.165) is 81.8 Å². The van der Waals surface area contributed by atoms with Crippen molar-refractivity contribution in [3.8, 4) is 11.5 Å². The molecule has 0 aliphatic carbocycles. The van der Waals surface area contributed by atoms with Gasteiger partial charge in [0.25, 0.3) is 0 Å². The normalized spacial score (nSPS) is 13.9. The lowest BCUT2D eigenvalue weighted by atomic mass is 10.2. The highest BCUT2D eigenvalue weighted by atomic mass is 16.5. The monoisotopic (exact) mass is 421 g/mol. The van der Waals surface area contributed by atoms with E-state index in [2.05, 4.69) is 24.5 Å². The fraction of sp³-hybridized carbons (Fsp3) is 0.696. The summed E-state index contributed by atoms with van der Waals surface area (Å²) in [5, 5.41) is 6.81. The Kier molecular flexibility index (Phi) is 12.1. The number of nitrogens with one attached hydrogen (secondary N) is 2. The zero-order chi connectivity index (χ0) is 21.4. The number of anilines is 1. The summed E-state index contributed by atoms with van der Waals surface area (Å²) in [6.45, 7) is 12.3. The van der Waals surface area contributed by atoms with Gasteiger partial charge in [0.05, 0.1) is 13.2 Å². The Morgan fingerprint density at radius 1 is 1.07 bits per heavy atom. The number of benzene rings is 1. The lowest BCUT2D eigenvalue weighted by molar-refractivity contribution is 0.109. The molecule has 0 aromatic heterocycles. The van der Waals surface area contributed by atoms with Crippen LogP contribution in [-0.4, -0.2) is 58.7 Å². The average Bonchev–Trinajstić information content (AvgIpc) is 2.97. The number of aliphatic imine (C=N–C) groups is 1. The summed E-state index contributed by atoms with van der Waals surface area (Å²) in [5.74, 6) is 2.90. The third-order valence-corrected chi connectivity index (χ3v) is 4.39. The second-order valence-corrected chi connectivity index (χ2v) is 7.72. The molecule has 2 rings (SSSR count). The molecule has 0 spiro atoms. The van der Waals surface area contributed by atoms with Crippen molar-refractivity contribution in [2.24, 2.45) is 10.9 Å². The van der Waals surface area contributed by atoms with Crippen LogP contribution in [0.25, 0.3) is 0 Å². The van der Waals surface area contributed by atoms with E-state index in [9.17, 15) is 0 Å². The smallest absolute Gasteiger partial charge is 0.195 e. The number of nitrogens with zero attached hydrogens (tertiary/aromatic N) is 1. The molecule has 0 unspecified atom stereocenters. The van der Waals surface area contributed by atoms with E-state index in [1.54, 1.807) is 0 Å². The van der Waals surface area contributed by atoms with Crippen LogP contribution in [0.1, 0.15) is 46.5 Å². The van der Waals surface area contributed by atoms with E-state index in [-0.39, 0.29) is 0 Å². The molecule has 7 heteroatoms. The summed E-state index contributed by atoms with van der Waals surface area (Å²) in [5.41, 5.74) is 0.927. The van der Waals surface area contributed by atoms with Crippen LogP contribution < -0.4 is 20.1 Å². The lowest BCUT2D eigenvalue weighted by Crippen LogP contribution is -2.32. The predicted octanol–water partition coefficient (Wildman–Crippen LogP) is 4.08. The van der Waals surface area contributed by atoms with Crippen molar-refractivity contribution in [2.75, 3.05) is 58.0 Å². The molecule has 0 bridgehead atoms. The summed E-state index contributed by atoms with van der Waals surface area (Å²) in [4.78, 5) is 4.71. The zero-order valence-electron chi connectivity index (χ0n) is 18.9. The van der Waals surface area contributed by atoms with Crippen molar-refractivity contribution in [1.82, 2.24) is 5.32 Å². The Balaban J connectivity index is 1.87. The molecule has 0 radical (unpaired) electrons. The van der Waals surface area contributed by atoms with Crippen LogP contribution in [0.15, 0.2) is 23.2 Å². The van der Waals surface area contributed by atoms with Gasteiger partial charge in [-0.3, -0.25) is 4.99 Å². The topological polar surface area (TPSA) is 73.3 Å². The van der Waals surface area contributed by atoms with Gasteiger partial charge in [-0.2, -0.15) is 0 Å². The van der Waals surface area contributed by atoms with Crippen LogP contribution >= 0.6 is 0 Å². The van der Waals surface area contributed by atoms with Gasteiger partial charge in [-0.1, -0.05) is 13.8 Å². The van der Waals surface area contributed by atoms with E-state index in [1.807, 2.05) is 25.1 Å². The molecule has 0 fully saturated rings. The molecule has 1 aromatic rings. The van der Waals surface area contributed by atoms with E-state index in [0.29, 0.717) is 25.7 Å². The minimum absolute atomic E-state index is 0.559. The molecule has 2 N–H and O–H groups in total. The van der Waals surface area contributed by atoms with Crippen LogP contribution in [0.3, 0.4) is 0 Å². The quantitative estimate of drug-likeness (QED) is 0.284. The molecular weight excluding hydrogens is 382 g/mol. The minimum Gasteiger partial charge on any atom is -0.490 e. The van der Waals surface area contributed by atoms with Crippen molar-refractivity contribution in [3.63, 3.8) is 0 Å². The second kappa shape index (κ2) is 14.9. The Morgan fingerprint density at radius 2 is 1.87 bits per heavy atom. The van der Waals surface area contributed by atoms with E-state index in [4.69, 9.17) is 23.9 Å². The van der Waals surface area contributed by atoms with Crippen LogP contribution in [0, 0.1) is 5.92 Å². The van der Waals surface area contributed by atoms with Crippen LogP contribution in [0.2, 0.25) is 0 Å². The molecule has 0 amide bonds. The van der Waals surface area contributed by atoms with Crippen molar-refractivity contribution >= 4 is 11.6 Å². The molecule has 0 atom stereocenters. The van der Waals surface area contributed by atoms with E-state index >= 15 is 0 Å². The number of hydrogen-bond acceptors (Lipinski definition) is 5. The van der Waals surface area contributed by atoms with Crippen LogP contribution in [0.5, 0.6) is 11.5 Å². The number of rotatable bonds is 13. The summed E-state index contributed by atoms with van der Waals surface area (Å²) < 4.78 is 22.6. The third-order valence-electron chi connectivity index (χ3n) is 4.39. The molecule has 1 aromatic carbocycles. The van der Waals surface area contributed by atoms with E-state index < -0.39 is 0 Å². The fourth-order valence-electron chi connectivity index (χ4n) is 2.87. The Labute approximate surface area is 181 Å². The minimum atomic E-state index is 0.559. The van der Waals surface area contributed by atoms with Crippen LogP contribution in [0.4, 0.5) is 5.69 Å². The number of hydrogen-bond donors (Lipinski definition) is 2. The van der Waals surface area contributed by atoms with Gasteiger partial charge in [0.15, 0.2) is 17.5 Å². The Bertz CT molecular complexity index is 622. The molecule has 1 heterocycles. The molecule has 7 nitrogen and oxygen atoms in total. The summed E-state index contributed by atoms with van der Waals surface area (Å²) in [7, 11) is 0. The Morgan fingerprint density at radius 3 is 2.67 bits per heavy atom. The molecule has 1 aliphatic heterocycles. The highest BCUT2D eigenvalue weighted by Crippen LogP contribution is 2.32. The van der Waals surface area contributed by atoms with Gasteiger partial charge in [0.2, 0.25) is 0 Å².